The average Bonchev–Trinajstić information content (AvgIpc) is 2.26. The topological polar surface area (TPSA) is 55.5 Å². The number of benzene rings is 1. The molecular formula is C13H20FNO2. The molecule has 2 atom stereocenters. The fourth-order valence-electron chi connectivity index (χ4n) is 1.34. The Morgan fingerprint density at radius 1 is 1.53 bits per heavy atom. The lowest BCUT2D eigenvalue weighted by Gasteiger charge is -2.23. The molecule has 96 valence electrons. The van der Waals surface area contributed by atoms with E-state index in [9.17, 15) is 9.50 Å². The first-order valence-corrected chi connectivity index (χ1v) is 5.76. The van der Waals surface area contributed by atoms with Crippen LogP contribution in [0.2, 0.25) is 0 Å². The molecule has 1 aromatic rings. The van der Waals surface area contributed by atoms with Crippen molar-refractivity contribution in [3.63, 3.8) is 0 Å². The van der Waals surface area contributed by atoms with E-state index in [-0.39, 0.29) is 18.5 Å². The Hall–Kier alpha value is -1.13. The highest BCUT2D eigenvalue weighted by atomic mass is 19.1. The normalized spacial score (nSPS) is 16.4. The van der Waals surface area contributed by atoms with Gasteiger partial charge in [-0.1, -0.05) is 13.0 Å². The van der Waals surface area contributed by atoms with Crippen LogP contribution in [0, 0.1) is 5.82 Å². The van der Waals surface area contributed by atoms with Gasteiger partial charge in [-0.3, -0.25) is 0 Å². The van der Waals surface area contributed by atoms with Gasteiger partial charge in [0.2, 0.25) is 0 Å². The second kappa shape index (κ2) is 5.47. The van der Waals surface area contributed by atoms with Crippen molar-refractivity contribution < 1.29 is 14.2 Å². The summed E-state index contributed by atoms with van der Waals surface area (Å²) in [6.45, 7) is 5.46. The van der Waals surface area contributed by atoms with Gasteiger partial charge in [-0.2, -0.15) is 0 Å². The smallest absolute Gasteiger partial charge is 0.127 e. The molecule has 0 amide bonds. The van der Waals surface area contributed by atoms with Gasteiger partial charge in [0.05, 0.1) is 5.60 Å². The first-order chi connectivity index (χ1) is 7.85. The predicted molar refractivity (Wildman–Crippen MR) is 65.4 cm³/mol. The van der Waals surface area contributed by atoms with Crippen LogP contribution in [0.4, 0.5) is 4.39 Å². The first-order valence-electron chi connectivity index (χ1n) is 5.76. The summed E-state index contributed by atoms with van der Waals surface area (Å²) in [7, 11) is 0. The van der Waals surface area contributed by atoms with Crippen LogP contribution in [0.25, 0.3) is 0 Å². The molecule has 0 saturated heterocycles. The Labute approximate surface area is 101 Å². The van der Waals surface area contributed by atoms with Crippen molar-refractivity contribution in [2.24, 2.45) is 5.73 Å². The van der Waals surface area contributed by atoms with E-state index in [4.69, 9.17) is 10.5 Å². The summed E-state index contributed by atoms with van der Waals surface area (Å²) in [5, 5.41) is 9.83. The zero-order valence-corrected chi connectivity index (χ0v) is 10.5. The van der Waals surface area contributed by atoms with Gasteiger partial charge in [0.25, 0.3) is 0 Å². The third-order valence-electron chi connectivity index (χ3n) is 2.77. The van der Waals surface area contributed by atoms with Gasteiger partial charge in [0, 0.05) is 17.7 Å². The van der Waals surface area contributed by atoms with E-state index in [0.29, 0.717) is 12.2 Å². The van der Waals surface area contributed by atoms with E-state index in [1.807, 2.05) is 6.92 Å². The van der Waals surface area contributed by atoms with Crippen LogP contribution in [0.5, 0.6) is 5.75 Å². The average molecular weight is 241 g/mol. The number of aliphatic hydroxyl groups is 1. The second-order valence-corrected chi connectivity index (χ2v) is 4.61. The Morgan fingerprint density at radius 3 is 2.71 bits per heavy atom. The van der Waals surface area contributed by atoms with Crippen molar-refractivity contribution >= 4 is 0 Å². The van der Waals surface area contributed by atoms with E-state index in [2.05, 4.69) is 0 Å². The van der Waals surface area contributed by atoms with Crippen molar-refractivity contribution in [1.82, 2.24) is 0 Å². The monoisotopic (exact) mass is 241 g/mol. The fourth-order valence-corrected chi connectivity index (χ4v) is 1.34. The van der Waals surface area contributed by atoms with Crippen molar-refractivity contribution in [3.8, 4) is 5.75 Å². The molecule has 1 rings (SSSR count). The molecule has 0 heterocycles. The van der Waals surface area contributed by atoms with Gasteiger partial charge in [0.15, 0.2) is 0 Å². The Bertz CT molecular complexity index is 378. The Morgan fingerprint density at radius 2 is 2.18 bits per heavy atom. The lowest BCUT2D eigenvalue weighted by atomic mass is 10.1. The van der Waals surface area contributed by atoms with Crippen molar-refractivity contribution in [1.29, 1.82) is 0 Å². The summed E-state index contributed by atoms with van der Waals surface area (Å²) in [6, 6.07) is 4.02. The number of hydrogen-bond donors (Lipinski definition) is 2. The lowest BCUT2D eigenvalue weighted by Crippen LogP contribution is -2.31. The number of halogens is 1. The van der Waals surface area contributed by atoms with Crippen LogP contribution >= 0.6 is 0 Å². The van der Waals surface area contributed by atoms with Crippen LogP contribution in [-0.4, -0.2) is 17.3 Å². The standard InChI is InChI=1S/C13H20FNO2/c1-4-13(3,16)8-17-12-7-10(14)5-6-11(12)9(2)15/h5-7,9,16H,4,8,15H2,1-3H3. The molecule has 1 aromatic carbocycles. The molecule has 0 spiro atoms. The van der Waals surface area contributed by atoms with Crippen LogP contribution in [0.1, 0.15) is 38.8 Å². The highest BCUT2D eigenvalue weighted by molar-refractivity contribution is 5.36. The third-order valence-corrected chi connectivity index (χ3v) is 2.77. The molecule has 0 radical (unpaired) electrons. The second-order valence-electron chi connectivity index (χ2n) is 4.61. The molecule has 0 fully saturated rings. The SMILES string of the molecule is CCC(C)(O)COc1cc(F)ccc1C(C)N. The summed E-state index contributed by atoms with van der Waals surface area (Å²) in [5.74, 6) is 0.0225. The van der Waals surface area contributed by atoms with Gasteiger partial charge in [-0.25, -0.2) is 4.39 Å². The molecule has 3 nitrogen and oxygen atoms in total. The van der Waals surface area contributed by atoms with Crippen LogP contribution in [0.15, 0.2) is 18.2 Å². The first kappa shape index (κ1) is 13.9. The number of nitrogens with two attached hydrogens (primary N) is 1. The van der Waals surface area contributed by atoms with Crippen LogP contribution < -0.4 is 10.5 Å². The summed E-state index contributed by atoms with van der Waals surface area (Å²) in [5.41, 5.74) is 5.59. The number of rotatable bonds is 5. The Kier molecular flexibility index (Phi) is 4.48. The molecule has 0 aromatic heterocycles. The zero-order valence-electron chi connectivity index (χ0n) is 10.5. The quantitative estimate of drug-likeness (QED) is 0.832. The van der Waals surface area contributed by atoms with Gasteiger partial charge >= 0.3 is 0 Å². The van der Waals surface area contributed by atoms with Gasteiger partial charge in [-0.15, -0.1) is 0 Å². The maximum Gasteiger partial charge on any atom is 0.127 e. The number of ether oxygens (including phenoxy) is 1. The van der Waals surface area contributed by atoms with E-state index in [1.165, 1.54) is 12.1 Å². The van der Waals surface area contributed by atoms with E-state index in [0.717, 1.165) is 5.56 Å². The molecule has 0 aliphatic rings. The summed E-state index contributed by atoms with van der Waals surface area (Å²) < 4.78 is 18.6. The largest absolute Gasteiger partial charge is 0.490 e. The molecule has 2 unspecified atom stereocenters. The van der Waals surface area contributed by atoms with Gasteiger partial charge in [0.1, 0.15) is 18.2 Å². The summed E-state index contributed by atoms with van der Waals surface area (Å²) in [4.78, 5) is 0. The molecule has 4 heteroatoms. The molecule has 0 aliphatic heterocycles. The minimum absolute atomic E-state index is 0.118. The maximum absolute atomic E-state index is 13.1. The lowest BCUT2D eigenvalue weighted by molar-refractivity contribution is 0.00800. The number of hydrogen-bond acceptors (Lipinski definition) is 3. The molecule has 3 N–H and O–H groups in total. The molecule has 0 aliphatic carbocycles. The van der Waals surface area contributed by atoms with Gasteiger partial charge < -0.3 is 15.6 Å². The highest BCUT2D eigenvalue weighted by Gasteiger charge is 2.20. The summed E-state index contributed by atoms with van der Waals surface area (Å²) in [6.07, 6.45) is 0.565. The highest BCUT2D eigenvalue weighted by Crippen LogP contribution is 2.26. The van der Waals surface area contributed by atoms with Crippen molar-refractivity contribution in [3.05, 3.63) is 29.6 Å². The zero-order chi connectivity index (χ0) is 13.1. The minimum atomic E-state index is -0.915. The van der Waals surface area contributed by atoms with E-state index >= 15 is 0 Å². The van der Waals surface area contributed by atoms with Crippen LogP contribution in [0.3, 0.4) is 0 Å². The van der Waals surface area contributed by atoms with E-state index < -0.39 is 5.60 Å². The molecule has 17 heavy (non-hydrogen) atoms. The minimum Gasteiger partial charge on any atom is -0.490 e. The molecule has 0 bridgehead atoms. The van der Waals surface area contributed by atoms with Crippen LogP contribution in [-0.2, 0) is 0 Å². The maximum atomic E-state index is 13.1. The Balaban J connectivity index is 2.85. The summed E-state index contributed by atoms with van der Waals surface area (Å²) >= 11 is 0. The van der Waals surface area contributed by atoms with Crippen molar-refractivity contribution in [2.75, 3.05) is 6.61 Å². The third kappa shape index (κ3) is 3.98. The van der Waals surface area contributed by atoms with Gasteiger partial charge in [-0.05, 0) is 26.3 Å². The van der Waals surface area contributed by atoms with E-state index in [1.54, 1.807) is 19.9 Å². The molecule has 0 saturated carbocycles. The predicted octanol–water partition coefficient (Wildman–Crippen LogP) is 2.39. The molecular weight excluding hydrogens is 221 g/mol. The fraction of sp³-hybridized carbons (Fsp3) is 0.538. The van der Waals surface area contributed by atoms with Crippen molar-refractivity contribution in [2.45, 2.75) is 38.8 Å².